The molecule has 2 heterocycles. The number of carbonyl (C=O) groups is 1. The van der Waals surface area contributed by atoms with Crippen molar-refractivity contribution in [1.82, 2.24) is 19.9 Å². The molecule has 34 heavy (non-hydrogen) atoms. The van der Waals surface area contributed by atoms with Crippen molar-refractivity contribution in [3.05, 3.63) is 34.9 Å². The van der Waals surface area contributed by atoms with E-state index in [1.807, 2.05) is 19.9 Å². The van der Waals surface area contributed by atoms with Crippen LogP contribution in [0.1, 0.15) is 99.7 Å². The standard InChI is InChI=1S/C13H20N2OS.C13H22N2OS/c1-4-5-6-7-8-17-13-14-10(2)9-12(15-13)11(3)16;1-3-4-5-6-9-17-13-14-11(2)10-12(15-13)7-8-16/h9H,4-8H2,1-3H3;10,16H,3-9H2,1-2H3. The molecule has 0 aliphatic heterocycles. The van der Waals surface area contributed by atoms with E-state index in [0.717, 1.165) is 38.9 Å². The predicted octanol–water partition coefficient (Wildman–Crippen LogP) is 6.65. The van der Waals surface area contributed by atoms with Crippen LogP contribution >= 0.6 is 23.5 Å². The van der Waals surface area contributed by atoms with Crippen molar-refractivity contribution in [2.24, 2.45) is 0 Å². The van der Waals surface area contributed by atoms with Crippen LogP contribution in [0.3, 0.4) is 0 Å². The quantitative estimate of drug-likeness (QED) is 0.124. The van der Waals surface area contributed by atoms with Crippen LogP contribution in [0.2, 0.25) is 0 Å². The van der Waals surface area contributed by atoms with Gasteiger partial charge in [-0.1, -0.05) is 75.9 Å². The molecule has 0 fully saturated rings. The number of hydrogen-bond donors (Lipinski definition) is 1. The minimum absolute atomic E-state index is 0.00309. The zero-order valence-electron chi connectivity index (χ0n) is 21.6. The van der Waals surface area contributed by atoms with Crippen LogP contribution in [-0.2, 0) is 6.42 Å². The van der Waals surface area contributed by atoms with E-state index in [1.165, 1.54) is 58.3 Å². The van der Waals surface area contributed by atoms with E-state index >= 15 is 0 Å². The molecule has 2 aromatic heterocycles. The van der Waals surface area contributed by atoms with Gasteiger partial charge in [-0.15, -0.1) is 0 Å². The van der Waals surface area contributed by atoms with Gasteiger partial charge in [0.2, 0.25) is 0 Å². The van der Waals surface area contributed by atoms with E-state index in [0.29, 0.717) is 12.1 Å². The first-order valence-corrected chi connectivity index (χ1v) is 14.4. The van der Waals surface area contributed by atoms with E-state index in [-0.39, 0.29) is 12.4 Å². The van der Waals surface area contributed by atoms with Gasteiger partial charge in [0.05, 0.1) is 0 Å². The highest BCUT2D eigenvalue weighted by molar-refractivity contribution is 7.99. The molecule has 0 unspecified atom stereocenters. The zero-order valence-corrected chi connectivity index (χ0v) is 23.2. The number of carbonyl (C=O) groups excluding carboxylic acids is 1. The Kier molecular flexibility index (Phi) is 16.9. The van der Waals surface area contributed by atoms with Gasteiger partial charge < -0.3 is 5.11 Å². The van der Waals surface area contributed by atoms with Crippen molar-refractivity contribution in [1.29, 1.82) is 0 Å². The Bertz CT molecular complexity index is 850. The smallest absolute Gasteiger partial charge is 0.188 e. The van der Waals surface area contributed by atoms with Crippen LogP contribution < -0.4 is 0 Å². The molecular weight excluding hydrogens is 464 g/mol. The van der Waals surface area contributed by atoms with E-state index in [4.69, 9.17) is 5.11 Å². The molecule has 0 radical (unpaired) electrons. The minimum atomic E-state index is 0.00309. The third-order valence-electron chi connectivity index (χ3n) is 4.91. The Morgan fingerprint density at radius 2 is 1.32 bits per heavy atom. The minimum Gasteiger partial charge on any atom is -0.396 e. The predicted molar refractivity (Wildman–Crippen MR) is 144 cm³/mol. The van der Waals surface area contributed by atoms with Crippen LogP contribution in [-0.4, -0.2) is 48.9 Å². The maximum atomic E-state index is 11.3. The third kappa shape index (κ3) is 14.0. The lowest BCUT2D eigenvalue weighted by atomic mass is 10.2. The first-order chi connectivity index (χ1) is 16.4. The number of nitrogens with zero attached hydrogens (tertiary/aromatic N) is 4. The number of Topliss-reactive ketones (excluding diaryl/α,β-unsaturated/α-hetero) is 1. The molecule has 0 bridgehead atoms. The van der Waals surface area contributed by atoms with Gasteiger partial charge in [0.15, 0.2) is 16.1 Å². The Labute approximate surface area is 214 Å². The summed E-state index contributed by atoms with van der Waals surface area (Å²) >= 11 is 3.36. The number of aromatic nitrogens is 4. The molecule has 0 aliphatic rings. The largest absolute Gasteiger partial charge is 0.396 e. The molecule has 6 nitrogen and oxygen atoms in total. The summed E-state index contributed by atoms with van der Waals surface area (Å²) in [6.45, 7) is 9.99. The van der Waals surface area contributed by atoms with Gasteiger partial charge in [-0.05, 0) is 38.8 Å². The molecule has 2 aromatic rings. The van der Waals surface area contributed by atoms with E-state index in [2.05, 4.69) is 33.8 Å². The summed E-state index contributed by atoms with van der Waals surface area (Å²) in [4.78, 5) is 28.7. The lowest BCUT2D eigenvalue weighted by Gasteiger charge is -2.04. The normalized spacial score (nSPS) is 10.6. The topological polar surface area (TPSA) is 88.9 Å². The van der Waals surface area contributed by atoms with E-state index in [9.17, 15) is 4.79 Å². The summed E-state index contributed by atoms with van der Waals surface area (Å²) in [5, 5.41) is 10.5. The third-order valence-corrected chi connectivity index (χ3v) is 6.77. The van der Waals surface area contributed by atoms with Gasteiger partial charge in [0, 0.05) is 48.5 Å². The lowest BCUT2D eigenvalue weighted by molar-refractivity contribution is 0.101. The van der Waals surface area contributed by atoms with E-state index in [1.54, 1.807) is 29.6 Å². The summed E-state index contributed by atoms with van der Waals surface area (Å²) < 4.78 is 0. The second-order valence-corrected chi connectivity index (χ2v) is 10.4. The SMILES string of the molecule is CCCCCCSc1nc(C)cc(C(C)=O)n1.CCCCCCSc1nc(C)cc(CCO)n1. The van der Waals surface area contributed by atoms with Gasteiger partial charge in [0.1, 0.15) is 5.69 Å². The Hall–Kier alpha value is -1.51. The fourth-order valence-corrected chi connectivity index (χ4v) is 4.91. The van der Waals surface area contributed by atoms with Crippen LogP contribution in [0.4, 0.5) is 0 Å². The monoisotopic (exact) mass is 506 g/mol. The molecular formula is C26H42N4O2S2. The number of rotatable bonds is 15. The Morgan fingerprint density at radius 1 is 0.794 bits per heavy atom. The maximum absolute atomic E-state index is 11.3. The zero-order chi connectivity index (χ0) is 25.2. The van der Waals surface area contributed by atoms with Gasteiger partial charge in [-0.25, -0.2) is 19.9 Å². The van der Waals surface area contributed by atoms with Gasteiger partial charge >= 0.3 is 0 Å². The fourth-order valence-electron chi connectivity index (χ4n) is 3.08. The van der Waals surface area contributed by atoms with Crippen molar-refractivity contribution in [2.45, 2.75) is 103 Å². The Morgan fingerprint density at radius 3 is 1.82 bits per heavy atom. The van der Waals surface area contributed by atoms with Crippen LogP contribution in [0.5, 0.6) is 0 Å². The number of ketones is 1. The molecule has 0 saturated heterocycles. The molecule has 8 heteroatoms. The molecule has 0 saturated carbocycles. The van der Waals surface area contributed by atoms with E-state index < -0.39 is 0 Å². The highest BCUT2D eigenvalue weighted by Gasteiger charge is 2.06. The number of aliphatic hydroxyl groups is 1. The van der Waals surface area contributed by atoms with Gasteiger partial charge in [-0.2, -0.15) is 0 Å². The highest BCUT2D eigenvalue weighted by atomic mass is 32.2. The van der Waals surface area contributed by atoms with Crippen LogP contribution in [0.25, 0.3) is 0 Å². The summed E-state index contributed by atoms with van der Waals surface area (Å²) in [6.07, 6.45) is 10.7. The lowest BCUT2D eigenvalue weighted by Crippen LogP contribution is -2.01. The summed E-state index contributed by atoms with van der Waals surface area (Å²) in [5.41, 5.74) is 3.31. The second-order valence-electron chi connectivity index (χ2n) is 8.31. The molecule has 190 valence electrons. The van der Waals surface area contributed by atoms with Crippen molar-refractivity contribution in [2.75, 3.05) is 18.1 Å². The van der Waals surface area contributed by atoms with Crippen molar-refractivity contribution < 1.29 is 9.90 Å². The molecule has 1 N–H and O–H groups in total. The Balaban J connectivity index is 0.000000340. The number of aliphatic hydroxyl groups excluding tert-OH is 1. The molecule has 0 aliphatic carbocycles. The van der Waals surface area contributed by atoms with Crippen molar-refractivity contribution >= 4 is 29.3 Å². The van der Waals surface area contributed by atoms with Crippen molar-refractivity contribution in [3.8, 4) is 0 Å². The average molecular weight is 507 g/mol. The summed E-state index contributed by atoms with van der Waals surface area (Å²) in [5.74, 6) is 2.12. The highest BCUT2D eigenvalue weighted by Crippen LogP contribution is 2.18. The number of unbranched alkanes of at least 4 members (excludes halogenated alkanes) is 6. The van der Waals surface area contributed by atoms with Gasteiger partial charge in [0.25, 0.3) is 0 Å². The summed E-state index contributed by atoms with van der Waals surface area (Å²) in [7, 11) is 0. The van der Waals surface area contributed by atoms with Crippen LogP contribution in [0, 0.1) is 13.8 Å². The number of aryl methyl sites for hydroxylation is 2. The molecule has 2 rings (SSSR count). The fraction of sp³-hybridized carbons (Fsp3) is 0.654. The molecule has 0 aromatic carbocycles. The first kappa shape index (κ1) is 30.5. The number of thioether (sulfide) groups is 2. The average Bonchev–Trinajstić information content (AvgIpc) is 2.79. The maximum Gasteiger partial charge on any atom is 0.188 e. The van der Waals surface area contributed by atoms with Gasteiger partial charge in [-0.3, -0.25) is 4.79 Å². The second kappa shape index (κ2) is 18.8. The summed E-state index contributed by atoms with van der Waals surface area (Å²) in [6, 6.07) is 3.68. The van der Waals surface area contributed by atoms with Crippen LogP contribution in [0.15, 0.2) is 22.4 Å². The van der Waals surface area contributed by atoms with Crippen molar-refractivity contribution in [3.63, 3.8) is 0 Å². The molecule has 0 atom stereocenters. The molecule has 0 spiro atoms. The molecule has 0 amide bonds. The first-order valence-electron chi connectivity index (χ1n) is 12.5. The number of hydrogen-bond acceptors (Lipinski definition) is 8.